The second-order valence-corrected chi connectivity index (χ2v) is 7.93. The maximum atomic E-state index is 12.6. The lowest BCUT2D eigenvalue weighted by atomic mass is 9.83. The number of nitrogens with one attached hydrogen (secondary N) is 2. The van der Waals surface area contributed by atoms with Crippen molar-refractivity contribution in [1.29, 1.82) is 0 Å². The Kier molecular flexibility index (Phi) is 9.53. The van der Waals surface area contributed by atoms with E-state index in [2.05, 4.69) is 65.8 Å². The summed E-state index contributed by atoms with van der Waals surface area (Å²) in [4.78, 5) is 14.8. The number of rotatable bonds is 7. The van der Waals surface area contributed by atoms with Crippen molar-refractivity contribution in [3.8, 4) is 0 Å². The molecule has 3 rings (SSSR count). The molecule has 0 spiro atoms. The molecule has 5 nitrogen and oxygen atoms in total. The molecule has 0 saturated heterocycles. The first-order valence-electron chi connectivity index (χ1n) is 11.6. The summed E-state index contributed by atoms with van der Waals surface area (Å²) in [7, 11) is 0. The number of fused-ring (bicyclic) bond motifs is 1. The van der Waals surface area contributed by atoms with Crippen molar-refractivity contribution in [2.75, 3.05) is 24.5 Å². The van der Waals surface area contributed by atoms with E-state index in [0.717, 1.165) is 42.0 Å². The van der Waals surface area contributed by atoms with Gasteiger partial charge in [0.15, 0.2) is 0 Å². The van der Waals surface area contributed by atoms with Gasteiger partial charge in [0.2, 0.25) is 5.91 Å². The van der Waals surface area contributed by atoms with Crippen LogP contribution < -0.4 is 15.5 Å². The third kappa shape index (κ3) is 5.86. The number of benzene rings is 1. The molecule has 2 aliphatic rings. The first-order valence-corrected chi connectivity index (χ1v) is 11.6. The fourth-order valence-corrected chi connectivity index (χ4v) is 3.95. The maximum absolute atomic E-state index is 12.6. The predicted octanol–water partition coefficient (Wildman–Crippen LogP) is 4.13. The summed E-state index contributed by atoms with van der Waals surface area (Å²) in [6.45, 7) is 14.7. The van der Waals surface area contributed by atoms with Gasteiger partial charge in [0.1, 0.15) is 0 Å². The third-order valence-electron chi connectivity index (χ3n) is 5.75. The molecule has 5 heteroatoms. The molecule has 1 aromatic carbocycles. The largest absolute Gasteiger partial charge is 0.387 e. The molecule has 3 unspecified atom stereocenters. The Morgan fingerprint density at radius 2 is 1.81 bits per heavy atom. The SMILES string of the molecule is CC.CCN(CC)c1ccc(C(NC(=O)C(C)C)C2=CC=C3C=CCNC3C2O)cc1. The molecule has 3 N–H and O–H groups in total. The number of hydrogen-bond acceptors (Lipinski definition) is 4. The van der Waals surface area contributed by atoms with E-state index in [1.807, 2.05) is 39.8 Å². The molecule has 0 radical (unpaired) electrons. The van der Waals surface area contributed by atoms with E-state index in [0.29, 0.717) is 0 Å². The number of amides is 1. The zero-order chi connectivity index (χ0) is 23.0. The van der Waals surface area contributed by atoms with Gasteiger partial charge in [0.25, 0.3) is 0 Å². The standard InChI is InChI=1S/C24H33N3O2.C2H6/c1-5-27(6-2)19-12-9-18(10-13-19)21(26-24(29)16(3)4)20-14-11-17-8-7-15-25-22(17)23(20)28;1-2/h7-14,16,21-23,25,28H,5-6,15H2,1-4H3,(H,26,29);1-2H3. The van der Waals surface area contributed by atoms with Gasteiger partial charge in [-0.25, -0.2) is 0 Å². The molecule has 1 aliphatic carbocycles. The zero-order valence-corrected chi connectivity index (χ0v) is 19.9. The van der Waals surface area contributed by atoms with Crippen LogP contribution in [0.4, 0.5) is 5.69 Å². The van der Waals surface area contributed by atoms with Gasteiger partial charge >= 0.3 is 0 Å². The molecule has 31 heavy (non-hydrogen) atoms. The highest BCUT2D eigenvalue weighted by Crippen LogP contribution is 2.33. The molecule has 1 amide bonds. The molecule has 3 atom stereocenters. The molecule has 1 aliphatic heterocycles. The minimum atomic E-state index is -0.695. The van der Waals surface area contributed by atoms with Gasteiger partial charge in [-0.2, -0.15) is 0 Å². The Bertz CT molecular complexity index is 804. The first kappa shape index (κ1) is 24.9. The fourth-order valence-electron chi connectivity index (χ4n) is 3.95. The lowest BCUT2D eigenvalue weighted by Crippen LogP contribution is -2.48. The minimum absolute atomic E-state index is 0.0257. The number of anilines is 1. The van der Waals surface area contributed by atoms with Crippen LogP contribution in [0.25, 0.3) is 0 Å². The van der Waals surface area contributed by atoms with Crippen LogP contribution in [0.3, 0.4) is 0 Å². The summed E-state index contributed by atoms with van der Waals surface area (Å²) in [5.41, 5.74) is 4.01. The average Bonchev–Trinajstić information content (AvgIpc) is 2.81. The first-order chi connectivity index (χ1) is 15.0. The van der Waals surface area contributed by atoms with E-state index in [1.54, 1.807) is 0 Å². The smallest absolute Gasteiger partial charge is 0.223 e. The maximum Gasteiger partial charge on any atom is 0.223 e. The summed E-state index contributed by atoms with van der Waals surface area (Å²) < 4.78 is 0. The quantitative estimate of drug-likeness (QED) is 0.615. The van der Waals surface area contributed by atoms with Crippen molar-refractivity contribution in [3.63, 3.8) is 0 Å². The van der Waals surface area contributed by atoms with Gasteiger partial charge in [-0.05, 0) is 42.7 Å². The van der Waals surface area contributed by atoms with E-state index in [9.17, 15) is 9.90 Å². The second kappa shape index (κ2) is 11.9. The van der Waals surface area contributed by atoms with Crippen LogP contribution in [0.2, 0.25) is 0 Å². The molecule has 0 aromatic heterocycles. The van der Waals surface area contributed by atoms with Crippen LogP contribution in [0.15, 0.2) is 59.7 Å². The Hall–Kier alpha value is -2.37. The van der Waals surface area contributed by atoms with Gasteiger partial charge in [-0.1, -0.05) is 64.1 Å². The van der Waals surface area contributed by atoms with Gasteiger partial charge in [-0.3, -0.25) is 4.79 Å². The van der Waals surface area contributed by atoms with Crippen molar-refractivity contribution in [2.24, 2.45) is 5.92 Å². The topological polar surface area (TPSA) is 64.6 Å². The molecule has 0 bridgehead atoms. The zero-order valence-electron chi connectivity index (χ0n) is 19.9. The molecule has 170 valence electrons. The second-order valence-electron chi connectivity index (χ2n) is 7.93. The Morgan fingerprint density at radius 3 is 2.39 bits per heavy atom. The lowest BCUT2D eigenvalue weighted by molar-refractivity contribution is -0.124. The van der Waals surface area contributed by atoms with Crippen LogP contribution in [0, 0.1) is 5.92 Å². The monoisotopic (exact) mass is 425 g/mol. The summed E-state index contributed by atoms with van der Waals surface area (Å²) in [5, 5.41) is 17.6. The van der Waals surface area contributed by atoms with Gasteiger partial charge < -0.3 is 20.6 Å². The van der Waals surface area contributed by atoms with E-state index < -0.39 is 6.10 Å². The predicted molar refractivity (Wildman–Crippen MR) is 130 cm³/mol. The van der Waals surface area contributed by atoms with E-state index in [-0.39, 0.29) is 23.9 Å². The number of carbonyl (C=O) groups excluding carboxylic acids is 1. The summed E-state index contributed by atoms with van der Waals surface area (Å²) in [6, 6.07) is 7.79. The number of nitrogens with zero attached hydrogens (tertiary/aromatic N) is 1. The Balaban J connectivity index is 0.00000166. The number of allylic oxidation sites excluding steroid dienone is 2. The van der Waals surface area contributed by atoms with Crippen LogP contribution in [0.5, 0.6) is 0 Å². The number of aliphatic hydroxyl groups excluding tert-OH is 1. The van der Waals surface area contributed by atoms with Crippen LogP contribution in [0.1, 0.15) is 53.1 Å². The van der Waals surface area contributed by atoms with Crippen molar-refractivity contribution in [2.45, 2.75) is 59.7 Å². The number of hydrogen-bond donors (Lipinski definition) is 3. The summed E-state index contributed by atoms with van der Waals surface area (Å²) >= 11 is 0. The third-order valence-corrected chi connectivity index (χ3v) is 5.75. The van der Waals surface area contributed by atoms with Gasteiger partial charge in [0, 0.05) is 31.2 Å². The Labute approximate surface area is 187 Å². The van der Waals surface area contributed by atoms with E-state index >= 15 is 0 Å². The van der Waals surface area contributed by atoms with Crippen LogP contribution in [-0.4, -0.2) is 42.8 Å². The molecule has 1 heterocycles. The average molecular weight is 426 g/mol. The van der Waals surface area contributed by atoms with E-state index in [4.69, 9.17) is 0 Å². The van der Waals surface area contributed by atoms with Crippen LogP contribution in [-0.2, 0) is 4.79 Å². The minimum Gasteiger partial charge on any atom is -0.387 e. The summed E-state index contributed by atoms with van der Waals surface area (Å²) in [6.07, 6.45) is 7.40. The van der Waals surface area contributed by atoms with E-state index in [1.165, 1.54) is 0 Å². The lowest BCUT2D eigenvalue weighted by Gasteiger charge is -2.36. The van der Waals surface area contributed by atoms with Crippen molar-refractivity contribution in [3.05, 3.63) is 65.3 Å². The van der Waals surface area contributed by atoms with Crippen molar-refractivity contribution < 1.29 is 9.90 Å². The molecular weight excluding hydrogens is 386 g/mol. The van der Waals surface area contributed by atoms with Crippen LogP contribution >= 0.6 is 0 Å². The number of aliphatic hydroxyl groups is 1. The molecule has 0 fully saturated rings. The number of carbonyl (C=O) groups is 1. The van der Waals surface area contributed by atoms with Gasteiger partial charge in [-0.15, -0.1) is 0 Å². The normalized spacial score (nSPS) is 20.6. The molecular formula is C26H39N3O2. The highest BCUT2D eigenvalue weighted by atomic mass is 16.3. The highest BCUT2D eigenvalue weighted by molar-refractivity contribution is 5.79. The summed E-state index contributed by atoms with van der Waals surface area (Å²) in [5.74, 6) is -0.155. The molecule has 1 aromatic rings. The van der Waals surface area contributed by atoms with Gasteiger partial charge in [0.05, 0.1) is 18.2 Å². The van der Waals surface area contributed by atoms with Crippen molar-refractivity contribution in [1.82, 2.24) is 10.6 Å². The Morgan fingerprint density at radius 1 is 1.16 bits per heavy atom. The van der Waals surface area contributed by atoms with Crippen molar-refractivity contribution >= 4 is 11.6 Å². The molecule has 0 saturated carbocycles. The fraction of sp³-hybridized carbons (Fsp3) is 0.500. The highest BCUT2D eigenvalue weighted by Gasteiger charge is 2.34.